The Bertz CT molecular complexity index is 599. The lowest BCUT2D eigenvalue weighted by Crippen LogP contribution is -2.34. The molecule has 2 heterocycles. The van der Waals surface area contributed by atoms with E-state index in [4.69, 9.17) is 10.2 Å². The summed E-state index contributed by atoms with van der Waals surface area (Å²) in [7, 11) is 0. The Kier molecular flexibility index (Phi) is 3.22. The second kappa shape index (κ2) is 5.03. The summed E-state index contributed by atoms with van der Waals surface area (Å²) in [6, 6.07) is 3.99. The van der Waals surface area contributed by atoms with Crippen LogP contribution in [0.2, 0.25) is 0 Å². The van der Waals surface area contributed by atoms with Gasteiger partial charge < -0.3 is 15.1 Å². The summed E-state index contributed by atoms with van der Waals surface area (Å²) >= 11 is 0. The smallest absolute Gasteiger partial charge is 0.274 e. The first kappa shape index (κ1) is 12.8. The average molecular weight is 274 g/mol. The van der Waals surface area contributed by atoms with Gasteiger partial charge in [-0.1, -0.05) is 0 Å². The number of aromatic nitrogens is 2. The van der Waals surface area contributed by atoms with Gasteiger partial charge in [0, 0.05) is 12.6 Å². The highest BCUT2D eigenvalue weighted by Crippen LogP contribution is 2.30. The Hall–Kier alpha value is -2.24. The molecule has 1 amide bonds. The number of aryl methyl sites for hydroxylation is 1. The van der Waals surface area contributed by atoms with Gasteiger partial charge in [0.25, 0.3) is 5.91 Å². The van der Waals surface area contributed by atoms with Gasteiger partial charge in [0.05, 0.1) is 24.7 Å². The Balaban J connectivity index is 1.87. The molecule has 0 aromatic carbocycles. The minimum Gasteiger partial charge on any atom is -0.467 e. The summed E-state index contributed by atoms with van der Waals surface area (Å²) < 4.78 is 7.00. The molecule has 0 radical (unpaired) electrons. The zero-order valence-corrected chi connectivity index (χ0v) is 11.5. The molecule has 2 N–H and O–H groups in total. The summed E-state index contributed by atoms with van der Waals surface area (Å²) in [5.41, 5.74) is 6.81. The van der Waals surface area contributed by atoms with E-state index in [1.807, 2.05) is 24.0 Å². The van der Waals surface area contributed by atoms with Crippen LogP contribution in [0.15, 0.2) is 29.0 Å². The number of nitrogens with two attached hydrogens (primary N) is 1. The number of rotatable bonds is 5. The van der Waals surface area contributed by atoms with Crippen molar-refractivity contribution in [1.29, 1.82) is 0 Å². The molecular weight excluding hydrogens is 256 g/mol. The largest absolute Gasteiger partial charge is 0.467 e. The molecule has 2 aromatic heterocycles. The number of hydrogen-bond acceptors (Lipinski definition) is 4. The van der Waals surface area contributed by atoms with Crippen LogP contribution >= 0.6 is 0 Å². The molecule has 0 bridgehead atoms. The molecule has 106 valence electrons. The minimum absolute atomic E-state index is 0.0687. The van der Waals surface area contributed by atoms with Crippen LogP contribution in [-0.2, 0) is 13.1 Å². The summed E-state index contributed by atoms with van der Waals surface area (Å²) in [6.07, 6.45) is 5.23. The van der Waals surface area contributed by atoms with Gasteiger partial charge in [-0.05, 0) is 31.9 Å². The number of hydrogen-bond donors (Lipinski definition) is 1. The number of nitrogens with zero attached hydrogens (tertiary/aromatic N) is 3. The Morgan fingerprint density at radius 2 is 2.40 bits per heavy atom. The predicted octanol–water partition coefficient (Wildman–Crippen LogP) is 1.88. The van der Waals surface area contributed by atoms with Crippen molar-refractivity contribution in [1.82, 2.24) is 14.7 Å². The van der Waals surface area contributed by atoms with Crippen LogP contribution in [-0.4, -0.2) is 26.6 Å². The molecule has 0 saturated heterocycles. The van der Waals surface area contributed by atoms with Crippen molar-refractivity contribution in [2.45, 2.75) is 38.9 Å². The van der Waals surface area contributed by atoms with Gasteiger partial charge in [-0.15, -0.1) is 0 Å². The van der Waals surface area contributed by atoms with Gasteiger partial charge in [0.1, 0.15) is 11.5 Å². The zero-order valence-electron chi connectivity index (χ0n) is 11.5. The molecule has 1 aliphatic carbocycles. The lowest BCUT2D eigenvalue weighted by atomic mass is 10.3. The fourth-order valence-corrected chi connectivity index (χ4v) is 2.33. The van der Waals surface area contributed by atoms with Crippen molar-refractivity contribution in [2.75, 3.05) is 5.73 Å². The highest BCUT2D eigenvalue weighted by atomic mass is 16.3. The number of amides is 1. The number of carbonyl (C=O) groups excluding carboxylic acids is 1. The van der Waals surface area contributed by atoms with E-state index in [-0.39, 0.29) is 11.9 Å². The molecule has 2 aromatic rings. The molecule has 0 unspecified atom stereocenters. The molecule has 0 spiro atoms. The monoisotopic (exact) mass is 274 g/mol. The second-order valence-corrected chi connectivity index (χ2v) is 5.01. The van der Waals surface area contributed by atoms with Gasteiger partial charge in [-0.2, -0.15) is 5.10 Å². The Morgan fingerprint density at radius 3 is 3.00 bits per heavy atom. The number of nitrogen functional groups attached to an aromatic ring is 1. The van der Waals surface area contributed by atoms with Gasteiger partial charge in [0.15, 0.2) is 0 Å². The van der Waals surface area contributed by atoms with E-state index in [9.17, 15) is 4.79 Å². The molecule has 20 heavy (non-hydrogen) atoms. The van der Waals surface area contributed by atoms with Gasteiger partial charge in [0.2, 0.25) is 0 Å². The van der Waals surface area contributed by atoms with Crippen molar-refractivity contribution in [2.24, 2.45) is 0 Å². The first-order chi connectivity index (χ1) is 9.70. The third-order valence-electron chi connectivity index (χ3n) is 3.52. The number of anilines is 1. The van der Waals surface area contributed by atoms with Crippen LogP contribution in [0.3, 0.4) is 0 Å². The molecular formula is C14H18N4O2. The van der Waals surface area contributed by atoms with Crippen LogP contribution in [0, 0.1) is 0 Å². The topological polar surface area (TPSA) is 77.3 Å². The maximum atomic E-state index is 12.8. The van der Waals surface area contributed by atoms with Crippen LogP contribution in [0.5, 0.6) is 0 Å². The zero-order chi connectivity index (χ0) is 14.1. The lowest BCUT2D eigenvalue weighted by Gasteiger charge is -2.22. The maximum absolute atomic E-state index is 12.8. The number of furan rings is 1. The predicted molar refractivity (Wildman–Crippen MR) is 73.9 cm³/mol. The maximum Gasteiger partial charge on any atom is 0.274 e. The Morgan fingerprint density at radius 1 is 1.60 bits per heavy atom. The summed E-state index contributed by atoms with van der Waals surface area (Å²) in [5.74, 6) is 0.715. The van der Waals surface area contributed by atoms with E-state index >= 15 is 0 Å². The first-order valence-corrected chi connectivity index (χ1v) is 6.85. The van der Waals surface area contributed by atoms with Crippen molar-refractivity contribution in [3.63, 3.8) is 0 Å². The first-order valence-electron chi connectivity index (χ1n) is 6.85. The van der Waals surface area contributed by atoms with Gasteiger partial charge in [-0.3, -0.25) is 9.48 Å². The van der Waals surface area contributed by atoms with E-state index in [1.165, 1.54) is 6.20 Å². The fraction of sp³-hybridized carbons (Fsp3) is 0.429. The molecule has 1 saturated carbocycles. The lowest BCUT2D eigenvalue weighted by molar-refractivity contribution is 0.0706. The second-order valence-electron chi connectivity index (χ2n) is 5.01. The highest BCUT2D eigenvalue weighted by Gasteiger charge is 2.35. The van der Waals surface area contributed by atoms with E-state index in [0.717, 1.165) is 18.6 Å². The van der Waals surface area contributed by atoms with Crippen LogP contribution in [0.1, 0.15) is 36.0 Å². The van der Waals surface area contributed by atoms with E-state index in [2.05, 4.69) is 5.10 Å². The molecule has 0 atom stereocenters. The fourth-order valence-electron chi connectivity index (χ4n) is 2.33. The van der Waals surface area contributed by atoms with Crippen LogP contribution in [0.4, 0.5) is 5.69 Å². The summed E-state index contributed by atoms with van der Waals surface area (Å²) in [5, 5.41) is 4.14. The van der Waals surface area contributed by atoms with E-state index in [0.29, 0.717) is 24.5 Å². The van der Waals surface area contributed by atoms with Crippen molar-refractivity contribution >= 4 is 11.6 Å². The summed E-state index contributed by atoms with van der Waals surface area (Å²) in [6.45, 7) is 3.04. The van der Waals surface area contributed by atoms with Crippen molar-refractivity contribution < 1.29 is 9.21 Å². The molecule has 3 rings (SSSR count). The Labute approximate surface area is 117 Å². The third kappa shape index (κ3) is 2.29. The standard InChI is InChI=1S/C14H18N4O2/c1-2-18-13(12(15)8-16-18)14(19)17(10-5-6-10)9-11-4-3-7-20-11/h3-4,7-8,10H,2,5-6,9,15H2,1H3. The normalized spacial score (nSPS) is 14.4. The molecule has 6 nitrogen and oxygen atoms in total. The van der Waals surface area contributed by atoms with Crippen molar-refractivity contribution in [3.8, 4) is 0 Å². The van der Waals surface area contributed by atoms with E-state index in [1.54, 1.807) is 10.9 Å². The highest BCUT2D eigenvalue weighted by molar-refractivity contribution is 5.97. The minimum atomic E-state index is -0.0687. The van der Waals surface area contributed by atoms with Gasteiger partial charge in [-0.25, -0.2) is 0 Å². The van der Waals surface area contributed by atoms with E-state index < -0.39 is 0 Å². The molecule has 0 aliphatic heterocycles. The molecule has 1 fully saturated rings. The van der Waals surface area contributed by atoms with Crippen molar-refractivity contribution in [3.05, 3.63) is 36.0 Å². The molecule has 1 aliphatic rings. The summed E-state index contributed by atoms with van der Waals surface area (Å²) in [4.78, 5) is 14.6. The average Bonchev–Trinajstić information content (AvgIpc) is 3.02. The SMILES string of the molecule is CCn1ncc(N)c1C(=O)N(Cc1ccco1)C1CC1. The van der Waals surface area contributed by atoms with Crippen LogP contribution < -0.4 is 5.73 Å². The third-order valence-corrected chi connectivity index (χ3v) is 3.52. The van der Waals surface area contributed by atoms with Crippen LogP contribution in [0.25, 0.3) is 0 Å². The quantitative estimate of drug-likeness (QED) is 0.903. The number of carbonyl (C=O) groups is 1. The van der Waals surface area contributed by atoms with Gasteiger partial charge >= 0.3 is 0 Å². The molecule has 6 heteroatoms.